The van der Waals surface area contributed by atoms with E-state index in [4.69, 9.17) is 14.2 Å². The first kappa shape index (κ1) is 27.8. The van der Waals surface area contributed by atoms with E-state index in [1.54, 1.807) is 7.11 Å². The Morgan fingerprint density at radius 1 is 0.639 bits per heavy atom. The van der Waals surface area contributed by atoms with Crippen molar-refractivity contribution < 1.29 is 19.3 Å². The van der Waals surface area contributed by atoms with E-state index >= 15 is 0 Å². The molecule has 1 atom stereocenters. The van der Waals surface area contributed by atoms with Crippen molar-refractivity contribution in [3.05, 3.63) is 95.6 Å². The minimum atomic E-state index is -0.474. The normalized spacial score (nSPS) is 11.8. The van der Waals surface area contributed by atoms with Gasteiger partial charge in [0.25, 0.3) is 0 Å². The Bertz CT molecular complexity index is 958. The number of methoxy groups -OCH3 is 1. The third kappa shape index (κ3) is 10.4. The van der Waals surface area contributed by atoms with Crippen LogP contribution in [0.2, 0.25) is 0 Å². The number of hydrogen-bond donors (Lipinski definition) is 1. The van der Waals surface area contributed by atoms with Gasteiger partial charge in [-0.2, -0.15) is 0 Å². The van der Waals surface area contributed by atoms with Crippen LogP contribution in [0.5, 0.6) is 11.5 Å². The van der Waals surface area contributed by atoms with E-state index in [1.165, 1.54) is 37.7 Å². The Kier molecular flexibility index (Phi) is 12.9. The Hall–Kier alpha value is -2.82. The maximum Gasteiger partial charge on any atom is 0.161 e. The maximum atomic E-state index is 10.6. The van der Waals surface area contributed by atoms with Crippen LogP contribution in [0, 0.1) is 0 Å². The molecule has 36 heavy (non-hydrogen) atoms. The first-order valence-electron chi connectivity index (χ1n) is 13.4. The van der Waals surface area contributed by atoms with Gasteiger partial charge in [0.2, 0.25) is 0 Å². The van der Waals surface area contributed by atoms with Crippen molar-refractivity contribution in [2.24, 2.45) is 0 Å². The van der Waals surface area contributed by atoms with Crippen LogP contribution in [0.3, 0.4) is 0 Å². The summed E-state index contributed by atoms with van der Waals surface area (Å²) in [6.45, 7) is 2.05. The molecule has 0 spiro atoms. The number of aliphatic hydroxyl groups excluding tert-OH is 1. The predicted molar refractivity (Wildman–Crippen MR) is 146 cm³/mol. The van der Waals surface area contributed by atoms with Gasteiger partial charge in [0.05, 0.1) is 19.8 Å². The van der Waals surface area contributed by atoms with Gasteiger partial charge in [-0.15, -0.1) is 0 Å². The molecule has 0 aliphatic rings. The first-order valence-corrected chi connectivity index (χ1v) is 13.4. The van der Waals surface area contributed by atoms with Gasteiger partial charge in [0.1, 0.15) is 6.61 Å². The smallest absolute Gasteiger partial charge is 0.161 e. The molecule has 0 aliphatic carbocycles. The Labute approximate surface area is 217 Å². The summed E-state index contributed by atoms with van der Waals surface area (Å²) in [7, 11) is 1.64. The molecular weight excluding hydrogens is 448 g/mol. The van der Waals surface area contributed by atoms with Gasteiger partial charge in [-0.05, 0) is 41.7 Å². The third-order valence-corrected chi connectivity index (χ3v) is 6.44. The molecule has 1 unspecified atom stereocenters. The van der Waals surface area contributed by atoms with Crippen molar-refractivity contribution in [3.63, 3.8) is 0 Å². The second-order valence-electron chi connectivity index (χ2n) is 9.36. The average Bonchev–Trinajstić information content (AvgIpc) is 2.93. The predicted octanol–water partition coefficient (Wildman–Crippen LogP) is 8.04. The van der Waals surface area contributed by atoms with Gasteiger partial charge in [0, 0.05) is 6.61 Å². The molecule has 3 rings (SSSR count). The van der Waals surface area contributed by atoms with Gasteiger partial charge in [-0.25, -0.2) is 0 Å². The topological polar surface area (TPSA) is 47.9 Å². The lowest BCUT2D eigenvalue weighted by Crippen LogP contribution is -2.01. The van der Waals surface area contributed by atoms with Gasteiger partial charge in [0.15, 0.2) is 11.5 Å². The highest BCUT2D eigenvalue weighted by Crippen LogP contribution is 2.32. The highest BCUT2D eigenvalue weighted by atomic mass is 16.5. The Morgan fingerprint density at radius 3 is 1.86 bits per heavy atom. The second kappa shape index (κ2) is 16.8. The molecule has 3 aromatic carbocycles. The van der Waals surface area contributed by atoms with E-state index in [2.05, 4.69) is 24.3 Å². The van der Waals surface area contributed by atoms with E-state index < -0.39 is 6.10 Å². The summed E-state index contributed by atoms with van der Waals surface area (Å²) in [5.74, 6) is 1.35. The quantitative estimate of drug-likeness (QED) is 0.183. The Morgan fingerprint density at radius 2 is 1.22 bits per heavy atom. The van der Waals surface area contributed by atoms with Gasteiger partial charge in [-0.1, -0.05) is 112 Å². The zero-order valence-corrected chi connectivity index (χ0v) is 21.7. The summed E-state index contributed by atoms with van der Waals surface area (Å²) in [4.78, 5) is 0. The van der Waals surface area contributed by atoms with E-state index in [-0.39, 0.29) is 0 Å². The highest BCUT2D eigenvalue weighted by Gasteiger charge is 2.12. The van der Waals surface area contributed by atoms with Gasteiger partial charge >= 0.3 is 0 Å². The summed E-state index contributed by atoms with van der Waals surface area (Å²) < 4.78 is 17.2. The number of unbranched alkanes of at least 4 members (excludes halogenated alkanes) is 7. The van der Waals surface area contributed by atoms with Crippen molar-refractivity contribution in [3.8, 4) is 11.5 Å². The molecule has 0 saturated heterocycles. The fourth-order valence-electron chi connectivity index (χ4n) is 4.28. The van der Waals surface area contributed by atoms with E-state index in [0.717, 1.165) is 43.4 Å². The highest BCUT2D eigenvalue weighted by molar-refractivity contribution is 5.43. The second-order valence-corrected chi connectivity index (χ2v) is 9.36. The number of aliphatic hydroxyl groups is 1. The van der Waals surface area contributed by atoms with Crippen LogP contribution in [0.15, 0.2) is 78.9 Å². The standard InChI is InChI=1S/C32H42O4/c1-34-32-24-29(21-22-31(32)36-26-28-18-12-9-13-19-28)30(33)20-14-6-4-2-3-5-7-15-23-35-25-27-16-10-8-11-17-27/h8-13,16-19,21-22,24,30,33H,2-7,14-15,20,23,25-26H2,1H3. The SMILES string of the molecule is COc1cc(C(O)CCCCCCCCCCOCc2ccccc2)ccc1OCc1ccccc1. The van der Waals surface area contributed by atoms with Crippen molar-refractivity contribution in [2.75, 3.05) is 13.7 Å². The number of hydrogen-bond acceptors (Lipinski definition) is 4. The largest absolute Gasteiger partial charge is 0.493 e. The lowest BCUT2D eigenvalue weighted by atomic mass is 10.0. The molecule has 0 aromatic heterocycles. The minimum Gasteiger partial charge on any atom is -0.493 e. The summed E-state index contributed by atoms with van der Waals surface area (Å²) in [6, 6.07) is 26.1. The van der Waals surface area contributed by atoms with Crippen molar-refractivity contribution in [1.29, 1.82) is 0 Å². The number of benzene rings is 3. The molecule has 1 N–H and O–H groups in total. The van der Waals surface area contributed by atoms with Crippen molar-refractivity contribution in [1.82, 2.24) is 0 Å². The molecule has 0 fully saturated rings. The van der Waals surface area contributed by atoms with E-state index in [0.29, 0.717) is 24.7 Å². The van der Waals surface area contributed by atoms with Crippen molar-refractivity contribution >= 4 is 0 Å². The fraction of sp³-hybridized carbons (Fsp3) is 0.438. The number of ether oxygens (including phenoxy) is 3. The molecule has 4 heteroatoms. The third-order valence-electron chi connectivity index (χ3n) is 6.44. The molecule has 0 heterocycles. The molecule has 0 bridgehead atoms. The van der Waals surface area contributed by atoms with E-state index in [9.17, 15) is 5.11 Å². The molecule has 0 aliphatic heterocycles. The Balaban J connectivity index is 1.22. The minimum absolute atomic E-state index is 0.474. The summed E-state index contributed by atoms with van der Waals surface area (Å²) >= 11 is 0. The van der Waals surface area contributed by atoms with Gasteiger partial charge < -0.3 is 19.3 Å². The zero-order chi connectivity index (χ0) is 25.3. The summed E-state index contributed by atoms with van der Waals surface area (Å²) in [5, 5.41) is 10.6. The molecule has 194 valence electrons. The van der Waals surface area contributed by atoms with Crippen LogP contribution < -0.4 is 9.47 Å². The lowest BCUT2D eigenvalue weighted by molar-refractivity contribution is 0.116. The average molecular weight is 491 g/mol. The van der Waals surface area contributed by atoms with Gasteiger partial charge in [-0.3, -0.25) is 0 Å². The summed E-state index contributed by atoms with van der Waals surface area (Å²) in [6.07, 6.45) is 9.91. The monoisotopic (exact) mass is 490 g/mol. The molecule has 0 saturated carbocycles. The van der Waals surface area contributed by atoms with Crippen LogP contribution in [0.1, 0.15) is 80.6 Å². The van der Waals surface area contributed by atoms with Crippen molar-refractivity contribution in [2.45, 2.75) is 77.1 Å². The van der Waals surface area contributed by atoms with Crippen LogP contribution in [-0.4, -0.2) is 18.8 Å². The van der Waals surface area contributed by atoms with Crippen LogP contribution >= 0.6 is 0 Å². The lowest BCUT2D eigenvalue weighted by Gasteiger charge is -2.15. The molecule has 3 aromatic rings. The number of rotatable bonds is 18. The molecule has 0 radical (unpaired) electrons. The van der Waals surface area contributed by atoms with Crippen LogP contribution in [0.25, 0.3) is 0 Å². The maximum absolute atomic E-state index is 10.6. The summed E-state index contributed by atoms with van der Waals surface area (Å²) in [5.41, 5.74) is 3.23. The zero-order valence-electron chi connectivity index (χ0n) is 21.7. The molecule has 0 amide bonds. The molecular formula is C32H42O4. The van der Waals surface area contributed by atoms with Crippen LogP contribution in [0.4, 0.5) is 0 Å². The molecule has 4 nitrogen and oxygen atoms in total. The fourth-order valence-corrected chi connectivity index (χ4v) is 4.28. The van der Waals surface area contributed by atoms with Crippen LogP contribution in [-0.2, 0) is 18.0 Å². The first-order chi connectivity index (χ1) is 17.8. The van der Waals surface area contributed by atoms with E-state index in [1.807, 2.05) is 54.6 Å².